The van der Waals surface area contributed by atoms with Gasteiger partial charge in [-0.2, -0.15) is 0 Å². The molecule has 2 aromatic rings. The highest BCUT2D eigenvalue weighted by Gasteiger charge is 2.19. The lowest BCUT2D eigenvalue weighted by molar-refractivity contribution is -0.117. The number of nitrogens with zero attached hydrogens (tertiary/aromatic N) is 2. The number of benzene rings is 2. The molecule has 6 heteroatoms. The molecule has 0 spiro atoms. The van der Waals surface area contributed by atoms with Crippen LogP contribution in [0.15, 0.2) is 48.5 Å². The molecular formula is C23H29N3O3. The lowest BCUT2D eigenvalue weighted by Gasteiger charge is -2.34. The molecule has 1 N–H and O–H groups in total. The van der Waals surface area contributed by atoms with Crippen molar-refractivity contribution in [2.75, 3.05) is 57.8 Å². The monoisotopic (exact) mass is 395 g/mol. The second-order valence-electron chi connectivity index (χ2n) is 7.61. The Morgan fingerprint density at radius 3 is 2.41 bits per heavy atom. The Hall–Kier alpha value is -2.57. The first-order valence-electron chi connectivity index (χ1n) is 10.4. The van der Waals surface area contributed by atoms with Crippen molar-refractivity contribution >= 4 is 11.6 Å². The fourth-order valence-electron chi connectivity index (χ4n) is 3.75. The third-order valence-corrected chi connectivity index (χ3v) is 5.42. The largest absolute Gasteiger partial charge is 0.490 e. The van der Waals surface area contributed by atoms with Crippen molar-refractivity contribution in [2.45, 2.75) is 12.8 Å². The lowest BCUT2D eigenvalue weighted by atomic mass is 10.1. The van der Waals surface area contributed by atoms with Crippen LogP contribution in [0.25, 0.3) is 0 Å². The first-order valence-corrected chi connectivity index (χ1v) is 10.4. The zero-order chi connectivity index (χ0) is 19.9. The van der Waals surface area contributed by atoms with Crippen LogP contribution >= 0.6 is 0 Å². The van der Waals surface area contributed by atoms with Crippen molar-refractivity contribution in [3.63, 3.8) is 0 Å². The molecule has 1 fully saturated rings. The van der Waals surface area contributed by atoms with Crippen molar-refractivity contribution in [1.82, 2.24) is 9.80 Å². The highest BCUT2D eigenvalue weighted by atomic mass is 16.5. The number of piperazine rings is 1. The van der Waals surface area contributed by atoms with Gasteiger partial charge in [0.15, 0.2) is 11.5 Å². The summed E-state index contributed by atoms with van der Waals surface area (Å²) in [6, 6.07) is 16.2. The molecule has 2 aromatic carbocycles. The van der Waals surface area contributed by atoms with E-state index in [-0.39, 0.29) is 5.91 Å². The van der Waals surface area contributed by atoms with Crippen LogP contribution in [-0.4, -0.2) is 68.2 Å². The molecule has 154 valence electrons. The van der Waals surface area contributed by atoms with Gasteiger partial charge in [0, 0.05) is 50.9 Å². The smallest absolute Gasteiger partial charge is 0.238 e. The summed E-state index contributed by atoms with van der Waals surface area (Å²) >= 11 is 0. The summed E-state index contributed by atoms with van der Waals surface area (Å²) in [5.74, 6) is 1.46. The molecule has 1 saturated heterocycles. The molecule has 2 aliphatic heterocycles. The SMILES string of the molecule is O=C(CN1CCN(CCc2ccccc2)CC1)Nc1ccc2c(c1)OCCCO2. The average Bonchev–Trinajstić information content (AvgIpc) is 2.99. The topological polar surface area (TPSA) is 54.0 Å². The summed E-state index contributed by atoms with van der Waals surface area (Å²) in [4.78, 5) is 17.2. The number of ether oxygens (including phenoxy) is 2. The van der Waals surface area contributed by atoms with E-state index in [4.69, 9.17) is 9.47 Å². The van der Waals surface area contributed by atoms with E-state index in [1.807, 2.05) is 18.2 Å². The molecule has 0 atom stereocenters. The van der Waals surface area contributed by atoms with E-state index in [0.717, 1.165) is 57.0 Å². The summed E-state index contributed by atoms with van der Waals surface area (Å²) in [6.45, 7) is 6.64. The number of fused-ring (bicyclic) bond motifs is 1. The van der Waals surface area contributed by atoms with Crippen molar-refractivity contribution in [3.8, 4) is 11.5 Å². The Morgan fingerprint density at radius 1 is 0.897 bits per heavy atom. The fourth-order valence-corrected chi connectivity index (χ4v) is 3.75. The van der Waals surface area contributed by atoms with Gasteiger partial charge in [-0.05, 0) is 24.1 Å². The number of rotatable bonds is 6. The van der Waals surface area contributed by atoms with Crippen LogP contribution in [0.5, 0.6) is 11.5 Å². The van der Waals surface area contributed by atoms with Gasteiger partial charge in [-0.1, -0.05) is 30.3 Å². The molecule has 0 aromatic heterocycles. The second kappa shape index (κ2) is 9.76. The van der Waals surface area contributed by atoms with Crippen molar-refractivity contribution < 1.29 is 14.3 Å². The zero-order valence-electron chi connectivity index (χ0n) is 16.8. The minimum absolute atomic E-state index is 0.0113. The van der Waals surface area contributed by atoms with Gasteiger partial charge >= 0.3 is 0 Å². The van der Waals surface area contributed by atoms with Gasteiger partial charge in [-0.25, -0.2) is 0 Å². The number of hydrogen-bond donors (Lipinski definition) is 1. The summed E-state index contributed by atoms with van der Waals surface area (Å²) in [6.07, 6.45) is 1.94. The Balaban J connectivity index is 1.20. The van der Waals surface area contributed by atoms with Crippen LogP contribution in [-0.2, 0) is 11.2 Å². The molecule has 1 amide bonds. The highest BCUT2D eigenvalue weighted by Crippen LogP contribution is 2.32. The van der Waals surface area contributed by atoms with Gasteiger partial charge in [0.1, 0.15) is 0 Å². The summed E-state index contributed by atoms with van der Waals surface area (Å²) in [5.41, 5.74) is 2.13. The number of amides is 1. The van der Waals surface area contributed by atoms with Crippen molar-refractivity contribution in [3.05, 3.63) is 54.1 Å². The molecule has 2 aliphatic rings. The number of anilines is 1. The number of carbonyl (C=O) groups is 1. The highest BCUT2D eigenvalue weighted by molar-refractivity contribution is 5.92. The van der Waals surface area contributed by atoms with E-state index < -0.39 is 0 Å². The molecule has 0 bridgehead atoms. The molecule has 0 unspecified atom stereocenters. The van der Waals surface area contributed by atoms with E-state index in [9.17, 15) is 4.79 Å². The maximum Gasteiger partial charge on any atom is 0.238 e. The third kappa shape index (κ3) is 5.71. The molecule has 0 saturated carbocycles. The van der Waals surface area contributed by atoms with Crippen LogP contribution in [0.1, 0.15) is 12.0 Å². The maximum atomic E-state index is 12.5. The molecule has 0 radical (unpaired) electrons. The number of hydrogen-bond acceptors (Lipinski definition) is 5. The minimum Gasteiger partial charge on any atom is -0.490 e. The van der Waals surface area contributed by atoms with Gasteiger partial charge in [-0.3, -0.25) is 9.69 Å². The van der Waals surface area contributed by atoms with E-state index in [1.54, 1.807) is 0 Å². The molecule has 6 nitrogen and oxygen atoms in total. The summed E-state index contributed by atoms with van der Waals surface area (Å²) in [7, 11) is 0. The first-order chi connectivity index (χ1) is 14.3. The predicted molar refractivity (Wildman–Crippen MR) is 114 cm³/mol. The van der Waals surface area contributed by atoms with Gasteiger partial charge in [0.25, 0.3) is 0 Å². The van der Waals surface area contributed by atoms with Crippen LogP contribution in [0.3, 0.4) is 0 Å². The summed E-state index contributed by atoms with van der Waals surface area (Å²) < 4.78 is 11.3. The number of nitrogens with one attached hydrogen (secondary N) is 1. The van der Waals surface area contributed by atoms with Gasteiger partial charge < -0.3 is 19.7 Å². The fraction of sp³-hybridized carbons (Fsp3) is 0.435. The zero-order valence-corrected chi connectivity index (χ0v) is 16.8. The Bertz CT molecular complexity index is 804. The van der Waals surface area contributed by atoms with Gasteiger partial charge in [0.2, 0.25) is 5.91 Å². The number of carbonyl (C=O) groups excluding carboxylic acids is 1. The van der Waals surface area contributed by atoms with Gasteiger partial charge in [0.05, 0.1) is 19.8 Å². The normalized spacial score (nSPS) is 17.5. The minimum atomic E-state index is 0.0113. The summed E-state index contributed by atoms with van der Waals surface area (Å²) in [5, 5.41) is 2.99. The van der Waals surface area contributed by atoms with E-state index >= 15 is 0 Å². The van der Waals surface area contributed by atoms with E-state index in [1.165, 1.54) is 5.56 Å². The van der Waals surface area contributed by atoms with Crippen molar-refractivity contribution in [2.24, 2.45) is 0 Å². The molecule has 2 heterocycles. The average molecular weight is 396 g/mol. The molecule has 29 heavy (non-hydrogen) atoms. The van der Waals surface area contributed by atoms with E-state index in [0.29, 0.717) is 25.5 Å². The quantitative estimate of drug-likeness (QED) is 0.815. The Kier molecular flexibility index (Phi) is 6.64. The van der Waals surface area contributed by atoms with Crippen LogP contribution in [0.4, 0.5) is 5.69 Å². The van der Waals surface area contributed by atoms with Gasteiger partial charge in [-0.15, -0.1) is 0 Å². The molecule has 4 rings (SSSR count). The Labute approximate surface area is 172 Å². The maximum absolute atomic E-state index is 12.5. The second-order valence-corrected chi connectivity index (χ2v) is 7.61. The van der Waals surface area contributed by atoms with Crippen LogP contribution in [0.2, 0.25) is 0 Å². The third-order valence-electron chi connectivity index (χ3n) is 5.42. The molecular weight excluding hydrogens is 366 g/mol. The van der Waals surface area contributed by atoms with Crippen molar-refractivity contribution in [1.29, 1.82) is 0 Å². The van der Waals surface area contributed by atoms with Crippen LogP contribution in [0, 0.1) is 0 Å². The Morgan fingerprint density at radius 2 is 1.62 bits per heavy atom. The van der Waals surface area contributed by atoms with E-state index in [2.05, 4.69) is 45.4 Å². The molecule has 0 aliphatic carbocycles. The standard InChI is InChI=1S/C23H29N3O3/c27-23(24-20-7-8-21-22(17-20)29-16-4-15-28-21)18-26-13-11-25(12-14-26)10-9-19-5-2-1-3-6-19/h1-3,5-8,17H,4,9-16,18H2,(H,24,27). The lowest BCUT2D eigenvalue weighted by Crippen LogP contribution is -2.49. The predicted octanol–water partition coefficient (Wildman–Crippen LogP) is 2.65. The van der Waals surface area contributed by atoms with Crippen LogP contribution < -0.4 is 14.8 Å². The first kappa shape index (κ1) is 19.7.